The highest BCUT2D eigenvalue weighted by Gasteiger charge is 2.40. The molecule has 0 bridgehead atoms. The lowest BCUT2D eigenvalue weighted by Gasteiger charge is -2.18. The van der Waals surface area contributed by atoms with Gasteiger partial charge in [0.25, 0.3) is 5.56 Å². The van der Waals surface area contributed by atoms with Crippen LogP contribution in [0.25, 0.3) is 0 Å². The van der Waals surface area contributed by atoms with Gasteiger partial charge in [-0.2, -0.15) is 0 Å². The first-order chi connectivity index (χ1) is 11.8. The van der Waals surface area contributed by atoms with Crippen molar-refractivity contribution in [3.8, 4) is 0 Å². The molecule has 0 radical (unpaired) electrons. The molecule has 0 aromatic carbocycles. The summed E-state index contributed by atoms with van der Waals surface area (Å²) in [5.41, 5.74) is -1.92. The largest absolute Gasteiger partial charge is 0.462 e. The summed E-state index contributed by atoms with van der Waals surface area (Å²) in [6.07, 6.45) is -1.44. The van der Waals surface area contributed by atoms with Gasteiger partial charge >= 0.3 is 11.7 Å². The normalized spacial score (nSPS) is 27.5. The van der Waals surface area contributed by atoms with Gasteiger partial charge in [-0.1, -0.05) is 6.92 Å². The molecule has 2 rings (SSSR count). The van der Waals surface area contributed by atoms with Crippen LogP contribution in [-0.4, -0.2) is 53.1 Å². The lowest BCUT2D eigenvalue weighted by molar-refractivity contribution is -0.0145. The Labute approximate surface area is 135 Å². The molecule has 1 aliphatic rings. The Morgan fingerprint density at radius 3 is 2.83 bits per heavy atom. The van der Waals surface area contributed by atoms with E-state index in [9.17, 15) is 19.5 Å². The smallest absolute Gasteiger partial charge is 0.345 e. The second kappa shape index (κ2) is 8.04. The van der Waals surface area contributed by atoms with E-state index >= 15 is 0 Å². The fraction of sp³-hybridized carbons (Fsp3) is 0.643. The number of nitrogens with zero attached hydrogens (tertiary/aromatic N) is 1. The summed E-state index contributed by atoms with van der Waals surface area (Å²) in [6.45, 7) is 3.18. The lowest BCUT2D eigenvalue weighted by atomic mass is 10.0. The van der Waals surface area contributed by atoms with Crippen LogP contribution in [0.5, 0.6) is 0 Å². The molecule has 130 valence electrons. The number of nitrogens with one attached hydrogen (secondary N) is 1. The molecule has 4 atom stereocenters. The second-order valence-corrected chi connectivity index (χ2v) is 4.84. The topological polar surface area (TPSA) is 131 Å². The molecular weight excluding hydrogens is 308 g/mol. The predicted molar refractivity (Wildman–Crippen MR) is 80.2 cm³/mol. The van der Waals surface area contributed by atoms with Crippen LogP contribution in [0.1, 0.15) is 38.7 Å². The molecule has 1 aromatic rings. The van der Waals surface area contributed by atoms with Crippen molar-refractivity contribution in [3.63, 3.8) is 0 Å². The Morgan fingerprint density at radius 1 is 1.65 bits per heavy atom. The van der Waals surface area contributed by atoms with Crippen LogP contribution in [0.15, 0.2) is 15.8 Å². The van der Waals surface area contributed by atoms with E-state index in [0.717, 1.165) is 10.8 Å². The van der Waals surface area contributed by atoms with Gasteiger partial charge in [0.15, 0.2) is 0 Å². The Kier molecular flexibility index (Phi) is 5.56. The maximum absolute atomic E-state index is 12.0. The van der Waals surface area contributed by atoms with Crippen LogP contribution < -0.4 is 11.2 Å². The van der Waals surface area contributed by atoms with Gasteiger partial charge in [0.2, 0.25) is 1.43 Å². The van der Waals surface area contributed by atoms with Crippen LogP contribution in [0.2, 0.25) is 0 Å². The third kappa shape index (κ3) is 3.87. The van der Waals surface area contributed by atoms with Crippen LogP contribution in [0.3, 0.4) is 0 Å². The molecule has 23 heavy (non-hydrogen) atoms. The number of aromatic nitrogens is 2. The van der Waals surface area contributed by atoms with Crippen molar-refractivity contribution >= 4 is 5.97 Å². The maximum Gasteiger partial charge on any atom is 0.345 e. The third-order valence-electron chi connectivity index (χ3n) is 3.42. The molecule has 9 nitrogen and oxygen atoms in total. The molecule has 0 saturated carbocycles. The molecule has 2 heterocycles. The molecule has 1 aliphatic heterocycles. The summed E-state index contributed by atoms with van der Waals surface area (Å²) in [6, 6.07) is 0. The van der Waals surface area contributed by atoms with Crippen molar-refractivity contribution < 1.29 is 25.9 Å². The van der Waals surface area contributed by atoms with Crippen LogP contribution in [-0.2, 0) is 9.47 Å². The van der Waals surface area contributed by atoms with Gasteiger partial charge in [-0.05, 0) is 13.8 Å². The average molecular weight is 333 g/mol. The number of aromatic amines is 1. The van der Waals surface area contributed by atoms with Crippen molar-refractivity contribution in [2.45, 2.75) is 39.2 Å². The summed E-state index contributed by atoms with van der Waals surface area (Å²) < 4.78 is 24.3. The number of rotatable bonds is 3. The van der Waals surface area contributed by atoms with Gasteiger partial charge < -0.3 is 19.7 Å². The molecule has 9 heteroatoms. The van der Waals surface area contributed by atoms with Crippen molar-refractivity contribution in [1.29, 1.82) is 1.43 Å². The Balaban J connectivity index is 0.000000970. The van der Waals surface area contributed by atoms with Gasteiger partial charge in [0, 0.05) is 20.6 Å². The number of esters is 1. The number of carbonyl (C=O) groups excluding carboxylic acids is 1. The van der Waals surface area contributed by atoms with Crippen molar-refractivity contribution in [1.82, 2.24) is 9.55 Å². The quantitative estimate of drug-likeness (QED) is 0.619. The molecule has 1 fully saturated rings. The number of carbonyl (C=O) groups is 1. The van der Waals surface area contributed by atoms with E-state index in [-0.39, 0.29) is 19.1 Å². The van der Waals surface area contributed by atoms with Crippen molar-refractivity contribution in [3.05, 3.63) is 32.6 Å². The highest BCUT2D eigenvalue weighted by atomic mass is 16.5. The molecule has 0 aliphatic carbocycles. The minimum atomic E-state index is -0.910. The second-order valence-electron chi connectivity index (χ2n) is 4.84. The van der Waals surface area contributed by atoms with Gasteiger partial charge in [0.05, 0.1) is 18.8 Å². The number of aliphatic hydroxyl groups is 2. The lowest BCUT2D eigenvalue weighted by Crippen LogP contribution is -2.37. The minimum Gasteiger partial charge on any atom is -0.462 e. The zero-order chi connectivity index (χ0) is 19.1. The van der Waals surface area contributed by atoms with Crippen molar-refractivity contribution in [2.75, 3.05) is 13.7 Å². The first-order valence-corrected chi connectivity index (χ1v) is 6.96. The van der Waals surface area contributed by atoms with Gasteiger partial charge in [-0.25, -0.2) is 9.59 Å². The first kappa shape index (κ1) is 15.9. The van der Waals surface area contributed by atoms with Gasteiger partial charge in [-0.3, -0.25) is 14.3 Å². The molecule has 0 amide bonds. The highest BCUT2D eigenvalue weighted by molar-refractivity contribution is 5.88. The minimum absolute atomic E-state index is 0.0906. The van der Waals surface area contributed by atoms with Crippen molar-refractivity contribution in [2.24, 2.45) is 5.92 Å². The molecule has 1 unspecified atom stereocenters. The zero-order valence-corrected chi connectivity index (χ0v) is 13.1. The fourth-order valence-corrected chi connectivity index (χ4v) is 2.24. The van der Waals surface area contributed by atoms with E-state index in [1.807, 2.05) is 4.98 Å². The monoisotopic (exact) mass is 333 g/mol. The van der Waals surface area contributed by atoms with Crippen LogP contribution in [0.4, 0.5) is 0 Å². The van der Waals surface area contributed by atoms with Gasteiger partial charge in [0.1, 0.15) is 11.8 Å². The van der Waals surface area contributed by atoms with E-state index in [1.165, 1.54) is 7.11 Å². The maximum atomic E-state index is 12.0. The van der Waals surface area contributed by atoms with E-state index in [0.29, 0.717) is 0 Å². The van der Waals surface area contributed by atoms with E-state index < -0.39 is 41.6 Å². The Bertz CT molecular complexity index is 690. The molecular formula is C14H22N2O7. The molecule has 3 N–H and O–H groups in total. The predicted octanol–water partition coefficient (Wildman–Crippen LogP) is -0.764. The zero-order valence-electron chi connectivity index (χ0n) is 15.1. The first-order valence-electron chi connectivity index (χ1n) is 8.08. The standard InChI is InChI=1S/C13H18N2O6.CH4O/c1-4-20-12(18)8-5-15(13(19)14-10(8)17)11-6(2)9(16)7(3)21-11;1-2/h5-7,9,11,16H,4H2,1-3H3,(H,14,17,19);2H,1H3/t6?,7-,9-,11-;/m1./s1/i3D;2T. The summed E-state index contributed by atoms with van der Waals surface area (Å²) in [5, 5.41) is 13.5. The number of hydrogen-bond acceptors (Lipinski definition) is 7. The Hall–Kier alpha value is -1.97. The molecule has 1 saturated heterocycles. The number of ether oxygens (including phenoxy) is 2. The van der Waals surface area contributed by atoms with Crippen LogP contribution >= 0.6 is 0 Å². The number of H-pyrrole nitrogens is 1. The number of hydrogen-bond donors (Lipinski definition) is 3. The average Bonchev–Trinajstić information content (AvgIpc) is 2.84. The summed E-state index contributed by atoms with van der Waals surface area (Å²) in [5.74, 6) is -1.32. The van der Waals surface area contributed by atoms with Gasteiger partial charge in [-0.15, -0.1) is 0 Å². The SMILES string of the molecule is [2H]C[C@H]1O[C@@H](n2cc(C(=O)OCC)c(=O)[nH]c2=O)C(C)[C@H]1O.[3H]OC. The molecule has 0 spiro atoms. The third-order valence-corrected chi connectivity index (χ3v) is 3.42. The van der Waals surface area contributed by atoms with E-state index in [4.69, 9.17) is 12.3 Å². The summed E-state index contributed by atoms with van der Waals surface area (Å²) in [7, 11) is 1.29. The highest BCUT2D eigenvalue weighted by Crippen LogP contribution is 2.33. The summed E-state index contributed by atoms with van der Waals surface area (Å²) in [4.78, 5) is 37.4. The molecule has 1 aromatic heterocycles. The van der Waals surface area contributed by atoms with Crippen LogP contribution in [0, 0.1) is 5.92 Å². The fourth-order valence-electron chi connectivity index (χ4n) is 2.24. The Morgan fingerprint density at radius 2 is 2.30 bits per heavy atom. The van der Waals surface area contributed by atoms with E-state index in [1.54, 1.807) is 13.8 Å². The summed E-state index contributed by atoms with van der Waals surface area (Å²) >= 11 is 0. The van der Waals surface area contributed by atoms with E-state index in [2.05, 4.69) is 5.11 Å². The number of aliphatic hydroxyl groups excluding tert-OH is 2.